The van der Waals surface area contributed by atoms with Crippen LogP contribution in [-0.2, 0) is 0 Å². The van der Waals surface area contributed by atoms with Crippen LogP contribution in [0.4, 0.5) is 0 Å². The van der Waals surface area contributed by atoms with Gasteiger partial charge in [0.25, 0.3) is 0 Å². The number of aromatic amines is 1. The zero-order valence-electron chi connectivity index (χ0n) is 10.00. The molecule has 0 saturated heterocycles. The van der Waals surface area contributed by atoms with Crippen molar-refractivity contribution in [1.82, 2.24) is 9.97 Å². The average molecular weight is 294 g/mol. The molecule has 0 fully saturated rings. The summed E-state index contributed by atoms with van der Waals surface area (Å²) in [5, 5.41) is 0. The van der Waals surface area contributed by atoms with Crippen LogP contribution in [0, 0.1) is 6.92 Å². The number of aromatic nitrogens is 2. The Bertz CT molecular complexity index is 519. The Labute approximate surface area is 110 Å². The Balaban J connectivity index is 2.40. The molecule has 0 radical (unpaired) electrons. The average Bonchev–Trinajstić information content (AvgIpc) is 2.80. The van der Waals surface area contributed by atoms with Crippen molar-refractivity contribution in [3.8, 4) is 11.3 Å². The van der Waals surface area contributed by atoms with Crippen molar-refractivity contribution in [3.05, 3.63) is 40.3 Å². The van der Waals surface area contributed by atoms with Gasteiger partial charge in [0.15, 0.2) is 0 Å². The van der Waals surface area contributed by atoms with Gasteiger partial charge in [0.1, 0.15) is 5.82 Å². The van der Waals surface area contributed by atoms with Crippen LogP contribution < -0.4 is 5.73 Å². The second kappa shape index (κ2) is 5.02. The van der Waals surface area contributed by atoms with Gasteiger partial charge in [-0.1, -0.05) is 28.9 Å². The van der Waals surface area contributed by atoms with Gasteiger partial charge in [0.05, 0.1) is 11.9 Å². The van der Waals surface area contributed by atoms with Gasteiger partial charge < -0.3 is 10.7 Å². The fourth-order valence-corrected chi connectivity index (χ4v) is 2.08. The topological polar surface area (TPSA) is 54.7 Å². The number of nitrogens with one attached hydrogen (secondary N) is 1. The molecule has 2 rings (SSSR count). The van der Waals surface area contributed by atoms with Gasteiger partial charge in [-0.05, 0) is 24.6 Å². The monoisotopic (exact) mass is 293 g/mol. The molecule has 1 heterocycles. The molecule has 1 unspecified atom stereocenters. The Hall–Kier alpha value is -1.13. The number of halogens is 1. The minimum atomic E-state index is 0.260. The van der Waals surface area contributed by atoms with E-state index in [1.54, 1.807) is 0 Å². The maximum atomic E-state index is 5.64. The molecule has 1 atom stereocenters. The third kappa shape index (κ3) is 2.58. The normalized spacial score (nSPS) is 12.7. The van der Waals surface area contributed by atoms with Gasteiger partial charge in [0.2, 0.25) is 0 Å². The van der Waals surface area contributed by atoms with E-state index in [9.17, 15) is 0 Å². The Morgan fingerprint density at radius 1 is 1.47 bits per heavy atom. The zero-order chi connectivity index (χ0) is 12.4. The minimum Gasteiger partial charge on any atom is -0.342 e. The van der Waals surface area contributed by atoms with Crippen LogP contribution in [-0.4, -0.2) is 16.5 Å². The highest BCUT2D eigenvalue weighted by Crippen LogP contribution is 2.26. The highest BCUT2D eigenvalue weighted by molar-refractivity contribution is 9.10. The summed E-state index contributed by atoms with van der Waals surface area (Å²) in [7, 11) is 0. The smallest absolute Gasteiger partial charge is 0.110 e. The third-order valence-electron chi connectivity index (χ3n) is 2.91. The molecule has 0 amide bonds. The van der Waals surface area contributed by atoms with E-state index in [1.807, 2.05) is 12.3 Å². The van der Waals surface area contributed by atoms with Gasteiger partial charge in [-0.2, -0.15) is 0 Å². The molecule has 0 aliphatic carbocycles. The molecule has 0 aliphatic rings. The summed E-state index contributed by atoms with van der Waals surface area (Å²) in [5.74, 6) is 1.21. The van der Waals surface area contributed by atoms with Crippen LogP contribution in [0.1, 0.15) is 24.2 Å². The van der Waals surface area contributed by atoms with Gasteiger partial charge in [-0.3, -0.25) is 0 Å². The second-order valence-electron chi connectivity index (χ2n) is 4.28. The highest BCUT2D eigenvalue weighted by Gasteiger charge is 2.10. The number of nitrogens with two attached hydrogens (primary N) is 1. The number of aryl methyl sites for hydroxylation is 1. The fourth-order valence-electron chi connectivity index (χ4n) is 1.72. The number of imidazole rings is 1. The first-order valence-corrected chi connectivity index (χ1v) is 6.42. The fraction of sp³-hybridized carbons (Fsp3) is 0.308. The van der Waals surface area contributed by atoms with E-state index < -0.39 is 0 Å². The van der Waals surface area contributed by atoms with E-state index in [0.717, 1.165) is 16.0 Å². The van der Waals surface area contributed by atoms with Crippen molar-refractivity contribution in [1.29, 1.82) is 0 Å². The summed E-state index contributed by atoms with van der Waals surface area (Å²) in [4.78, 5) is 7.72. The van der Waals surface area contributed by atoms with Crippen LogP contribution >= 0.6 is 15.9 Å². The number of rotatable bonds is 3. The number of hydrogen-bond donors (Lipinski definition) is 2. The molecule has 0 spiro atoms. The lowest BCUT2D eigenvalue weighted by atomic mass is 10.1. The largest absolute Gasteiger partial charge is 0.342 e. The summed E-state index contributed by atoms with van der Waals surface area (Å²) in [5.41, 5.74) is 9.07. The predicted molar refractivity (Wildman–Crippen MR) is 73.9 cm³/mol. The molecule has 3 N–H and O–H groups in total. The molecule has 4 heteroatoms. The zero-order valence-corrected chi connectivity index (χ0v) is 11.6. The number of H-pyrrole nitrogens is 1. The predicted octanol–water partition coefficient (Wildman–Crippen LogP) is 3.21. The summed E-state index contributed by atoms with van der Waals surface area (Å²) in [6.07, 6.45) is 1.87. The van der Waals surface area contributed by atoms with Gasteiger partial charge >= 0.3 is 0 Å². The highest BCUT2D eigenvalue weighted by atomic mass is 79.9. The quantitative estimate of drug-likeness (QED) is 0.913. The van der Waals surface area contributed by atoms with Crippen LogP contribution in [0.15, 0.2) is 28.9 Å². The first-order chi connectivity index (χ1) is 8.11. The minimum absolute atomic E-state index is 0.260. The van der Waals surface area contributed by atoms with Crippen molar-refractivity contribution < 1.29 is 0 Å². The van der Waals surface area contributed by atoms with Crippen molar-refractivity contribution in [2.75, 3.05) is 6.54 Å². The number of hydrogen-bond acceptors (Lipinski definition) is 2. The molecule has 2 aromatic rings. The summed E-state index contributed by atoms with van der Waals surface area (Å²) < 4.78 is 1.07. The van der Waals surface area contributed by atoms with E-state index in [-0.39, 0.29) is 5.92 Å². The van der Waals surface area contributed by atoms with E-state index >= 15 is 0 Å². The van der Waals surface area contributed by atoms with Gasteiger partial charge in [-0.25, -0.2) is 4.98 Å². The summed E-state index contributed by atoms with van der Waals surface area (Å²) in [6, 6.07) is 6.23. The molecular formula is C13H16BrN3. The van der Waals surface area contributed by atoms with Crippen LogP contribution in [0.3, 0.4) is 0 Å². The van der Waals surface area contributed by atoms with Crippen LogP contribution in [0.5, 0.6) is 0 Å². The maximum Gasteiger partial charge on any atom is 0.110 e. The molecule has 90 valence electrons. The summed E-state index contributed by atoms with van der Waals surface area (Å²) >= 11 is 3.49. The SMILES string of the molecule is Cc1ccc(Br)cc1-c1cnc(C(C)CN)[nH]1. The molecule has 1 aromatic carbocycles. The van der Waals surface area contributed by atoms with Crippen molar-refractivity contribution >= 4 is 15.9 Å². The van der Waals surface area contributed by atoms with Crippen molar-refractivity contribution in [2.24, 2.45) is 5.73 Å². The molecular weight excluding hydrogens is 278 g/mol. The Kier molecular flexibility index (Phi) is 3.64. The lowest BCUT2D eigenvalue weighted by Gasteiger charge is -2.05. The standard InChI is InChI=1S/C13H16BrN3/c1-8-3-4-10(14)5-11(8)12-7-16-13(17-12)9(2)6-15/h3-5,7,9H,6,15H2,1-2H3,(H,16,17). The van der Waals surface area contributed by atoms with Crippen LogP contribution in [0.2, 0.25) is 0 Å². The molecule has 17 heavy (non-hydrogen) atoms. The first kappa shape index (κ1) is 12.3. The lowest BCUT2D eigenvalue weighted by Crippen LogP contribution is -2.10. The summed E-state index contributed by atoms with van der Waals surface area (Å²) in [6.45, 7) is 4.76. The maximum absolute atomic E-state index is 5.64. The first-order valence-electron chi connectivity index (χ1n) is 5.63. The molecule has 0 bridgehead atoms. The Morgan fingerprint density at radius 2 is 2.24 bits per heavy atom. The van der Waals surface area contributed by atoms with Gasteiger partial charge in [0, 0.05) is 22.5 Å². The van der Waals surface area contributed by atoms with E-state index in [0.29, 0.717) is 6.54 Å². The molecule has 1 aromatic heterocycles. The molecule has 0 saturated carbocycles. The molecule has 3 nitrogen and oxygen atoms in total. The lowest BCUT2D eigenvalue weighted by molar-refractivity contribution is 0.725. The van der Waals surface area contributed by atoms with E-state index in [4.69, 9.17) is 5.73 Å². The van der Waals surface area contributed by atoms with Gasteiger partial charge in [-0.15, -0.1) is 0 Å². The van der Waals surface area contributed by atoms with E-state index in [1.165, 1.54) is 11.1 Å². The third-order valence-corrected chi connectivity index (χ3v) is 3.40. The number of nitrogens with zero attached hydrogens (tertiary/aromatic N) is 1. The Morgan fingerprint density at radius 3 is 2.94 bits per heavy atom. The van der Waals surface area contributed by atoms with Crippen molar-refractivity contribution in [3.63, 3.8) is 0 Å². The van der Waals surface area contributed by atoms with Crippen LogP contribution in [0.25, 0.3) is 11.3 Å². The van der Waals surface area contributed by atoms with Crippen molar-refractivity contribution in [2.45, 2.75) is 19.8 Å². The van der Waals surface area contributed by atoms with E-state index in [2.05, 4.69) is 51.9 Å². The second-order valence-corrected chi connectivity index (χ2v) is 5.19. The molecule has 0 aliphatic heterocycles. The number of benzene rings is 1.